The standard InChI is InChI=1S/C11H19NO9.C4H5N3O.H3O4P/c1-4(14)12-7-5(15)2-11(20,10(18)19)21-9(7)8(17)6(16)3-13;5-3-1-2-6-4(8)7-3;1-5(2,3)4/h5-9,13,15-17,20H,2-3H2,1H3,(H,12,14)(H,18,19);1-2H,(H3,5,6,7,8);(H3,1,2,3,4)/t5-,6?,7+,8?,9+,11?;;/m0../s1. The van der Waals surface area contributed by atoms with Crippen LogP contribution in [0.2, 0.25) is 0 Å². The number of carbonyl (C=O) groups is 2. The average molecular weight is 518 g/mol. The van der Waals surface area contributed by atoms with Gasteiger partial charge in [0.15, 0.2) is 0 Å². The van der Waals surface area contributed by atoms with Crippen LogP contribution in [0.1, 0.15) is 13.3 Å². The SMILES string of the molecule is CC(=O)N[C@@H]1[C@@H](O)CC(O)(C(=O)O)O[C@H]1C(O)C(O)CO.Nc1ccnc(=O)[nH]1.O=P(O)(O)O. The van der Waals surface area contributed by atoms with E-state index in [-0.39, 0.29) is 0 Å². The van der Waals surface area contributed by atoms with E-state index < -0.39 is 74.7 Å². The second kappa shape index (κ2) is 13.4. The smallest absolute Gasteiger partial charge is 0.466 e. The van der Waals surface area contributed by atoms with Gasteiger partial charge >= 0.3 is 19.5 Å². The van der Waals surface area contributed by atoms with E-state index >= 15 is 0 Å². The summed E-state index contributed by atoms with van der Waals surface area (Å²) >= 11 is 0. The molecule has 196 valence electrons. The van der Waals surface area contributed by atoms with Crippen molar-refractivity contribution in [1.29, 1.82) is 0 Å². The van der Waals surface area contributed by atoms with Crippen molar-refractivity contribution in [3.8, 4) is 0 Å². The van der Waals surface area contributed by atoms with Crippen molar-refractivity contribution >= 4 is 25.5 Å². The van der Waals surface area contributed by atoms with Gasteiger partial charge in [-0.05, 0) is 6.07 Å². The number of nitrogens with two attached hydrogens (primary N) is 1. The Hall–Kier alpha value is -2.51. The van der Waals surface area contributed by atoms with Crippen LogP contribution in [0.4, 0.5) is 5.82 Å². The Morgan fingerprint density at radius 3 is 2.26 bits per heavy atom. The van der Waals surface area contributed by atoms with Gasteiger partial charge in [0.1, 0.15) is 24.1 Å². The van der Waals surface area contributed by atoms with Crippen molar-refractivity contribution in [3.63, 3.8) is 0 Å². The highest BCUT2D eigenvalue weighted by molar-refractivity contribution is 7.45. The highest BCUT2D eigenvalue weighted by Crippen LogP contribution is 2.30. The minimum absolute atomic E-state index is 0.338. The zero-order chi connectivity index (χ0) is 26.9. The van der Waals surface area contributed by atoms with Crippen molar-refractivity contribution in [2.75, 3.05) is 12.3 Å². The number of hydrogen-bond donors (Lipinski definition) is 12. The quantitative estimate of drug-likeness (QED) is 0.162. The number of carbonyl (C=O) groups excluding carboxylic acids is 1. The maximum absolute atomic E-state index is 11.1. The number of amides is 1. The summed E-state index contributed by atoms with van der Waals surface area (Å²) in [6, 6.07) is 0.250. The van der Waals surface area contributed by atoms with Crippen LogP contribution in [0, 0.1) is 0 Å². The number of aromatic nitrogens is 2. The Labute approximate surface area is 190 Å². The number of nitrogens with one attached hydrogen (secondary N) is 2. The van der Waals surface area contributed by atoms with Gasteiger partial charge in [-0.3, -0.25) is 9.78 Å². The van der Waals surface area contributed by atoms with Gasteiger partial charge in [-0.15, -0.1) is 0 Å². The average Bonchev–Trinajstić information content (AvgIpc) is 2.67. The van der Waals surface area contributed by atoms with Gasteiger partial charge in [-0.25, -0.2) is 19.1 Å². The van der Waals surface area contributed by atoms with E-state index in [1.807, 2.05) is 0 Å². The van der Waals surface area contributed by atoms with Crippen LogP contribution in [0.15, 0.2) is 17.1 Å². The number of aromatic amines is 1. The monoisotopic (exact) mass is 518 g/mol. The van der Waals surface area contributed by atoms with E-state index in [1.165, 1.54) is 12.3 Å². The molecule has 0 aromatic carbocycles. The fourth-order valence-electron chi connectivity index (χ4n) is 2.52. The van der Waals surface area contributed by atoms with E-state index in [9.17, 15) is 34.8 Å². The van der Waals surface area contributed by atoms with Crippen LogP contribution in [-0.4, -0.2) is 110 Å². The summed E-state index contributed by atoms with van der Waals surface area (Å²) in [6.45, 7) is 0.256. The molecule has 1 amide bonds. The fourth-order valence-corrected chi connectivity index (χ4v) is 2.52. The number of H-pyrrole nitrogens is 1. The Bertz CT molecular complexity index is 901. The lowest BCUT2D eigenvalue weighted by Crippen LogP contribution is -2.67. The number of phosphoric acid groups is 1. The van der Waals surface area contributed by atoms with Crippen LogP contribution < -0.4 is 16.7 Å². The van der Waals surface area contributed by atoms with Crippen molar-refractivity contribution in [2.45, 2.75) is 49.6 Å². The number of ether oxygens (including phenoxy) is 1. The molecular weight excluding hydrogens is 491 g/mol. The highest BCUT2D eigenvalue weighted by atomic mass is 31.2. The fraction of sp³-hybridized carbons (Fsp3) is 0.600. The molecule has 0 spiro atoms. The van der Waals surface area contributed by atoms with Crippen LogP contribution in [-0.2, 0) is 18.9 Å². The molecule has 1 aromatic rings. The molecule has 34 heavy (non-hydrogen) atoms. The van der Waals surface area contributed by atoms with Gasteiger partial charge < -0.3 is 61.1 Å². The van der Waals surface area contributed by atoms with Crippen LogP contribution in [0.25, 0.3) is 0 Å². The van der Waals surface area contributed by atoms with Crippen LogP contribution >= 0.6 is 7.82 Å². The number of nitrogen functional groups attached to an aromatic ring is 1. The molecular formula is C15H27N4O14P. The molecule has 0 radical (unpaired) electrons. The molecule has 1 aromatic heterocycles. The Balaban J connectivity index is 0.000000680. The third kappa shape index (κ3) is 11.6. The van der Waals surface area contributed by atoms with Gasteiger partial charge in [0.2, 0.25) is 5.91 Å². The molecule has 6 atom stereocenters. The number of carboxylic acid groups (broad SMARTS) is 1. The van der Waals surface area contributed by atoms with Gasteiger partial charge in [-0.2, -0.15) is 0 Å². The predicted octanol–water partition coefficient (Wildman–Crippen LogP) is -5.45. The van der Waals surface area contributed by atoms with Crippen molar-refractivity contribution < 1.29 is 64.2 Å². The molecule has 18 nitrogen and oxygen atoms in total. The minimum Gasteiger partial charge on any atom is -0.477 e. The highest BCUT2D eigenvalue weighted by Gasteiger charge is 2.53. The molecule has 1 aliphatic heterocycles. The number of nitrogens with zero attached hydrogens (tertiary/aromatic N) is 1. The first-order valence-electron chi connectivity index (χ1n) is 9.06. The second-order valence-electron chi connectivity index (χ2n) is 6.75. The number of aliphatic carboxylic acids is 1. The topological polar surface area (TPSA) is 326 Å². The summed E-state index contributed by atoms with van der Waals surface area (Å²) in [5.41, 5.74) is 4.75. The lowest BCUT2D eigenvalue weighted by molar-refractivity contribution is -0.295. The molecule has 2 heterocycles. The van der Waals surface area contributed by atoms with Crippen LogP contribution in [0.3, 0.4) is 0 Å². The van der Waals surface area contributed by atoms with Crippen molar-refractivity contribution in [1.82, 2.24) is 15.3 Å². The Kier molecular flexibility index (Phi) is 12.4. The van der Waals surface area contributed by atoms with Gasteiger partial charge in [-0.1, -0.05) is 0 Å². The number of anilines is 1. The summed E-state index contributed by atoms with van der Waals surface area (Å²) in [7, 11) is -4.64. The molecule has 0 saturated carbocycles. The van der Waals surface area contributed by atoms with Gasteiger partial charge in [0.25, 0.3) is 5.79 Å². The molecule has 13 N–H and O–H groups in total. The molecule has 0 aliphatic carbocycles. The first kappa shape index (κ1) is 31.5. The molecule has 1 aliphatic rings. The van der Waals surface area contributed by atoms with Crippen molar-refractivity contribution in [2.24, 2.45) is 0 Å². The zero-order valence-electron chi connectivity index (χ0n) is 17.5. The number of aliphatic hydroxyl groups excluding tert-OH is 4. The normalized spacial score (nSPS) is 26.0. The predicted molar refractivity (Wildman–Crippen MR) is 108 cm³/mol. The summed E-state index contributed by atoms with van der Waals surface area (Å²) in [6.07, 6.45) is -6.13. The lowest BCUT2D eigenvalue weighted by Gasteiger charge is -2.44. The van der Waals surface area contributed by atoms with Crippen molar-refractivity contribution in [3.05, 3.63) is 22.7 Å². The largest absolute Gasteiger partial charge is 0.477 e. The van der Waals surface area contributed by atoms with E-state index in [4.69, 9.17) is 39.9 Å². The molecule has 2 rings (SSSR count). The Morgan fingerprint density at radius 2 is 1.91 bits per heavy atom. The van der Waals surface area contributed by atoms with Gasteiger partial charge in [0.05, 0.1) is 18.8 Å². The minimum atomic E-state index is -4.64. The molecule has 0 bridgehead atoms. The maximum atomic E-state index is 11.1. The van der Waals surface area contributed by atoms with Crippen LogP contribution in [0.5, 0.6) is 0 Å². The first-order chi connectivity index (χ1) is 15.4. The number of hydrogen-bond acceptors (Lipinski definition) is 12. The molecule has 19 heteroatoms. The lowest BCUT2D eigenvalue weighted by atomic mass is 9.88. The van der Waals surface area contributed by atoms with E-state index in [0.29, 0.717) is 5.82 Å². The number of aliphatic hydroxyl groups is 5. The van der Waals surface area contributed by atoms with E-state index in [2.05, 4.69) is 15.3 Å². The molecule has 1 fully saturated rings. The second-order valence-corrected chi connectivity index (χ2v) is 7.78. The zero-order valence-corrected chi connectivity index (χ0v) is 18.4. The Morgan fingerprint density at radius 1 is 1.38 bits per heavy atom. The van der Waals surface area contributed by atoms with E-state index in [0.717, 1.165) is 6.92 Å². The first-order valence-corrected chi connectivity index (χ1v) is 10.6. The molecule has 1 saturated heterocycles. The number of rotatable bonds is 5. The summed E-state index contributed by atoms with van der Waals surface area (Å²) in [5.74, 6) is -4.84. The van der Waals surface area contributed by atoms with Gasteiger partial charge in [0, 0.05) is 19.5 Å². The van der Waals surface area contributed by atoms with E-state index in [1.54, 1.807) is 0 Å². The summed E-state index contributed by atoms with van der Waals surface area (Å²) in [5, 5.41) is 59.0. The summed E-state index contributed by atoms with van der Waals surface area (Å²) in [4.78, 5) is 59.5. The summed E-state index contributed by atoms with van der Waals surface area (Å²) < 4.78 is 13.7. The molecule has 3 unspecified atom stereocenters. The maximum Gasteiger partial charge on any atom is 0.466 e. The third-order valence-electron chi connectivity index (χ3n) is 3.90. The third-order valence-corrected chi connectivity index (χ3v) is 3.90. The number of carboxylic acids is 1.